The van der Waals surface area contributed by atoms with E-state index < -0.39 is 0 Å². The first-order valence-electron chi connectivity index (χ1n) is 4.60. The van der Waals surface area contributed by atoms with Crippen LogP contribution in [-0.2, 0) is 0 Å². The van der Waals surface area contributed by atoms with Gasteiger partial charge in [0.25, 0.3) is 5.56 Å². The Hall–Kier alpha value is -1.80. The Kier molecular flexibility index (Phi) is 2.67. The molecule has 0 spiro atoms. The summed E-state index contributed by atoms with van der Waals surface area (Å²) < 4.78 is 2.10. The van der Waals surface area contributed by atoms with Crippen molar-refractivity contribution in [2.24, 2.45) is 0 Å². The van der Waals surface area contributed by atoms with Crippen molar-refractivity contribution in [3.8, 4) is 11.8 Å². The van der Waals surface area contributed by atoms with E-state index >= 15 is 0 Å². The predicted molar refractivity (Wildman–Crippen MR) is 63.5 cm³/mol. The molecule has 0 aliphatic rings. The second kappa shape index (κ2) is 3.99. The summed E-state index contributed by atoms with van der Waals surface area (Å²) in [7, 11) is 0. The Labute approximate surface area is 100 Å². The van der Waals surface area contributed by atoms with Crippen LogP contribution in [0.3, 0.4) is 0 Å². The molecule has 0 aliphatic carbocycles. The predicted octanol–water partition coefficient (Wildman–Crippen LogP) is 2.11. The van der Waals surface area contributed by atoms with Gasteiger partial charge < -0.3 is 0 Å². The number of halogens is 1. The first-order valence-corrected chi connectivity index (χ1v) is 5.40. The fourth-order valence-electron chi connectivity index (χ4n) is 1.44. The van der Waals surface area contributed by atoms with Crippen molar-refractivity contribution in [2.75, 3.05) is 0 Å². The minimum Gasteiger partial charge on any atom is -0.295 e. The van der Waals surface area contributed by atoms with E-state index in [-0.39, 0.29) is 5.56 Å². The molecule has 2 rings (SSSR count). The van der Waals surface area contributed by atoms with Crippen LogP contribution in [0, 0.1) is 18.3 Å². The zero-order valence-electron chi connectivity index (χ0n) is 8.49. The van der Waals surface area contributed by atoms with Crippen molar-refractivity contribution < 1.29 is 0 Å². The monoisotopic (exact) mass is 277 g/mol. The van der Waals surface area contributed by atoms with Crippen LogP contribution in [-0.4, -0.2) is 9.78 Å². The van der Waals surface area contributed by atoms with E-state index in [9.17, 15) is 4.79 Å². The third kappa shape index (κ3) is 1.79. The van der Waals surface area contributed by atoms with E-state index in [4.69, 9.17) is 5.26 Å². The smallest absolute Gasteiger partial charge is 0.271 e. The number of H-pyrrole nitrogens is 1. The van der Waals surface area contributed by atoms with Crippen LogP contribution in [0.25, 0.3) is 5.69 Å². The number of rotatable bonds is 1. The SMILES string of the molecule is Cc1cc(=O)n(-c2ccc(C#N)c(Br)c2)[nH]1. The number of hydrogen-bond donors (Lipinski definition) is 1. The van der Waals surface area contributed by atoms with Crippen molar-refractivity contribution in [1.29, 1.82) is 5.26 Å². The minimum absolute atomic E-state index is 0.117. The molecule has 0 saturated heterocycles. The third-order valence-corrected chi connectivity index (χ3v) is 2.84. The van der Waals surface area contributed by atoms with Gasteiger partial charge in [-0.05, 0) is 41.1 Å². The lowest BCUT2D eigenvalue weighted by molar-refractivity contribution is 0.834. The summed E-state index contributed by atoms with van der Waals surface area (Å²) in [6.45, 7) is 1.82. The van der Waals surface area contributed by atoms with E-state index in [1.165, 1.54) is 10.7 Å². The Morgan fingerprint density at radius 2 is 2.19 bits per heavy atom. The lowest BCUT2D eigenvalue weighted by Gasteiger charge is -2.03. The zero-order valence-corrected chi connectivity index (χ0v) is 10.1. The zero-order chi connectivity index (χ0) is 11.7. The van der Waals surface area contributed by atoms with Crippen LogP contribution in [0.1, 0.15) is 11.3 Å². The Morgan fingerprint density at radius 3 is 2.69 bits per heavy atom. The van der Waals surface area contributed by atoms with Gasteiger partial charge in [0.2, 0.25) is 0 Å². The van der Waals surface area contributed by atoms with Gasteiger partial charge in [0.1, 0.15) is 6.07 Å². The third-order valence-electron chi connectivity index (χ3n) is 2.18. The molecule has 16 heavy (non-hydrogen) atoms. The number of nitriles is 1. The molecule has 0 bridgehead atoms. The average molecular weight is 278 g/mol. The highest BCUT2D eigenvalue weighted by molar-refractivity contribution is 9.10. The largest absolute Gasteiger partial charge is 0.295 e. The molecule has 0 atom stereocenters. The molecule has 0 fully saturated rings. The van der Waals surface area contributed by atoms with E-state index in [0.717, 1.165) is 5.69 Å². The molecule has 0 amide bonds. The van der Waals surface area contributed by atoms with Gasteiger partial charge in [-0.25, -0.2) is 4.68 Å². The van der Waals surface area contributed by atoms with Crippen molar-refractivity contribution in [3.63, 3.8) is 0 Å². The van der Waals surface area contributed by atoms with Gasteiger partial charge in [-0.2, -0.15) is 5.26 Å². The van der Waals surface area contributed by atoms with Crippen LogP contribution < -0.4 is 5.56 Å². The first-order chi connectivity index (χ1) is 7.61. The van der Waals surface area contributed by atoms with Crippen LogP contribution in [0.4, 0.5) is 0 Å². The summed E-state index contributed by atoms with van der Waals surface area (Å²) in [6, 6.07) is 8.69. The van der Waals surface area contributed by atoms with Gasteiger partial charge in [0.15, 0.2) is 0 Å². The summed E-state index contributed by atoms with van der Waals surface area (Å²) >= 11 is 3.28. The number of aromatic amines is 1. The molecule has 0 saturated carbocycles. The van der Waals surface area contributed by atoms with Gasteiger partial charge in [0.05, 0.1) is 11.3 Å². The molecule has 4 nitrogen and oxygen atoms in total. The molecule has 1 aromatic heterocycles. The molecular formula is C11H8BrN3O. The summed E-state index contributed by atoms with van der Waals surface area (Å²) in [5.74, 6) is 0. The van der Waals surface area contributed by atoms with Crippen molar-refractivity contribution in [2.45, 2.75) is 6.92 Å². The maximum absolute atomic E-state index is 11.6. The fraction of sp³-hybridized carbons (Fsp3) is 0.0909. The molecule has 5 heteroatoms. The summed E-state index contributed by atoms with van der Waals surface area (Å²) in [5.41, 5.74) is 1.92. The quantitative estimate of drug-likeness (QED) is 0.868. The number of hydrogen-bond acceptors (Lipinski definition) is 2. The van der Waals surface area contributed by atoms with Crippen molar-refractivity contribution in [1.82, 2.24) is 9.78 Å². The number of nitrogens with one attached hydrogen (secondary N) is 1. The van der Waals surface area contributed by atoms with Gasteiger partial charge in [-0.3, -0.25) is 9.89 Å². The highest BCUT2D eigenvalue weighted by Gasteiger charge is 2.05. The second-order valence-electron chi connectivity index (χ2n) is 3.39. The summed E-state index contributed by atoms with van der Waals surface area (Å²) in [4.78, 5) is 11.6. The Morgan fingerprint density at radius 1 is 1.44 bits per heavy atom. The molecule has 1 aromatic carbocycles. The van der Waals surface area contributed by atoms with Crippen molar-refractivity contribution >= 4 is 15.9 Å². The van der Waals surface area contributed by atoms with Gasteiger partial charge >= 0.3 is 0 Å². The van der Waals surface area contributed by atoms with Gasteiger partial charge in [-0.1, -0.05) is 0 Å². The Balaban J connectivity index is 2.59. The maximum Gasteiger partial charge on any atom is 0.271 e. The fourth-order valence-corrected chi connectivity index (χ4v) is 1.89. The number of benzene rings is 1. The number of aromatic nitrogens is 2. The minimum atomic E-state index is -0.117. The lowest BCUT2D eigenvalue weighted by atomic mass is 10.2. The topological polar surface area (TPSA) is 61.6 Å². The summed E-state index contributed by atoms with van der Waals surface area (Å²) in [5, 5.41) is 11.7. The van der Waals surface area contributed by atoms with Crippen LogP contribution in [0.5, 0.6) is 0 Å². The van der Waals surface area contributed by atoms with Gasteiger partial charge in [0, 0.05) is 16.2 Å². The highest BCUT2D eigenvalue weighted by Crippen LogP contribution is 2.19. The second-order valence-corrected chi connectivity index (χ2v) is 4.24. The first kappa shape index (κ1) is 10.7. The van der Waals surface area contributed by atoms with E-state index in [0.29, 0.717) is 15.7 Å². The molecule has 0 radical (unpaired) electrons. The molecule has 1 heterocycles. The van der Waals surface area contributed by atoms with Crippen LogP contribution >= 0.6 is 15.9 Å². The van der Waals surface area contributed by atoms with Crippen molar-refractivity contribution in [3.05, 3.63) is 50.3 Å². The highest BCUT2D eigenvalue weighted by atomic mass is 79.9. The Bertz CT molecular complexity index is 633. The van der Waals surface area contributed by atoms with E-state index in [1.807, 2.05) is 13.0 Å². The number of aryl methyl sites for hydroxylation is 1. The molecule has 0 aliphatic heterocycles. The normalized spacial score (nSPS) is 10.1. The average Bonchev–Trinajstić information content (AvgIpc) is 2.58. The number of nitrogens with zero attached hydrogens (tertiary/aromatic N) is 2. The summed E-state index contributed by atoms with van der Waals surface area (Å²) in [6.07, 6.45) is 0. The maximum atomic E-state index is 11.6. The molecule has 2 aromatic rings. The molecule has 1 N–H and O–H groups in total. The standard InChI is InChI=1S/C11H8BrN3O/c1-7-4-11(16)15(14-7)9-3-2-8(6-13)10(12)5-9/h2-5,14H,1H3. The molecular weight excluding hydrogens is 270 g/mol. The van der Waals surface area contributed by atoms with Crippen LogP contribution in [0.15, 0.2) is 33.5 Å². The lowest BCUT2D eigenvalue weighted by Crippen LogP contribution is -2.13. The van der Waals surface area contributed by atoms with E-state index in [2.05, 4.69) is 21.0 Å². The molecule has 80 valence electrons. The van der Waals surface area contributed by atoms with E-state index in [1.54, 1.807) is 18.2 Å². The van der Waals surface area contributed by atoms with Crippen LogP contribution in [0.2, 0.25) is 0 Å². The van der Waals surface area contributed by atoms with Gasteiger partial charge in [-0.15, -0.1) is 0 Å². The molecule has 0 unspecified atom stereocenters.